The largest absolute Gasteiger partial charge is 0.361 e. The molecule has 2 rings (SSSR count). The van der Waals surface area contributed by atoms with E-state index in [0.29, 0.717) is 12.1 Å². The predicted molar refractivity (Wildman–Crippen MR) is 73.6 cm³/mol. The summed E-state index contributed by atoms with van der Waals surface area (Å²) >= 11 is 0. The van der Waals surface area contributed by atoms with E-state index in [9.17, 15) is 0 Å². The van der Waals surface area contributed by atoms with Crippen LogP contribution in [0, 0.1) is 13.8 Å². The highest BCUT2D eigenvalue weighted by atomic mass is 16.5. The molecule has 1 aliphatic rings. The normalized spacial score (nSPS) is 20.4. The van der Waals surface area contributed by atoms with Crippen LogP contribution in [0.5, 0.6) is 0 Å². The number of aryl methyl sites for hydroxylation is 2. The van der Waals surface area contributed by atoms with Gasteiger partial charge in [-0.2, -0.15) is 0 Å². The van der Waals surface area contributed by atoms with Crippen LogP contribution in [-0.4, -0.2) is 11.2 Å². The van der Waals surface area contributed by atoms with E-state index < -0.39 is 0 Å². The Labute approximate surface area is 110 Å². The van der Waals surface area contributed by atoms with Crippen molar-refractivity contribution in [1.29, 1.82) is 0 Å². The number of hydrogen-bond donors (Lipinski definition) is 1. The van der Waals surface area contributed by atoms with Gasteiger partial charge < -0.3 is 9.84 Å². The van der Waals surface area contributed by atoms with Gasteiger partial charge in [-0.1, -0.05) is 37.3 Å². The Bertz CT molecular complexity index is 345. The number of hydrogen-bond acceptors (Lipinski definition) is 3. The van der Waals surface area contributed by atoms with Gasteiger partial charge in [0, 0.05) is 17.6 Å². The van der Waals surface area contributed by atoms with Gasteiger partial charge in [0.1, 0.15) is 5.76 Å². The third-order valence-corrected chi connectivity index (χ3v) is 4.11. The Balaban J connectivity index is 1.95. The molecule has 0 aliphatic heterocycles. The first kappa shape index (κ1) is 13.6. The van der Waals surface area contributed by atoms with Crippen LogP contribution in [0.1, 0.15) is 74.9 Å². The second kappa shape index (κ2) is 6.37. The molecule has 0 radical (unpaired) electrons. The first-order chi connectivity index (χ1) is 8.68. The molecule has 1 aromatic rings. The Hall–Kier alpha value is -0.830. The highest BCUT2D eigenvalue weighted by Gasteiger charge is 2.20. The van der Waals surface area contributed by atoms with E-state index in [2.05, 4.69) is 17.4 Å². The molecule has 3 heteroatoms. The summed E-state index contributed by atoms with van der Waals surface area (Å²) in [4.78, 5) is 0. The maximum atomic E-state index is 5.26. The highest BCUT2D eigenvalue weighted by Crippen LogP contribution is 2.24. The molecule has 0 amide bonds. The van der Waals surface area contributed by atoms with Gasteiger partial charge in [-0.3, -0.25) is 0 Å². The lowest BCUT2D eigenvalue weighted by atomic mass is 9.95. The Morgan fingerprint density at radius 1 is 1.11 bits per heavy atom. The standard InChI is InChI=1S/C15H26N2O/c1-11(15-12(2)17-18-13(15)3)16-14-9-7-5-4-6-8-10-14/h11,14,16H,4-10H2,1-3H3. The van der Waals surface area contributed by atoms with Crippen LogP contribution in [0.25, 0.3) is 0 Å². The third-order valence-electron chi connectivity index (χ3n) is 4.11. The summed E-state index contributed by atoms with van der Waals surface area (Å²) in [6, 6.07) is 1.01. The van der Waals surface area contributed by atoms with E-state index in [0.717, 1.165) is 11.5 Å². The summed E-state index contributed by atoms with van der Waals surface area (Å²) in [5.41, 5.74) is 2.27. The van der Waals surface area contributed by atoms with Gasteiger partial charge in [0.05, 0.1) is 5.69 Å². The average molecular weight is 250 g/mol. The summed E-state index contributed by atoms with van der Waals surface area (Å²) in [6.45, 7) is 6.26. The molecule has 1 heterocycles. The fraction of sp³-hybridized carbons (Fsp3) is 0.800. The van der Waals surface area contributed by atoms with E-state index in [-0.39, 0.29) is 0 Å². The monoisotopic (exact) mass is 250 g/mol. The van der Waals surface area contributed by atoms with Crippen molar-refractivity contribution in [3.8, 4) is 0 Å². The molecule has 1 unspecified atom stereocenters. The van der Waals surface area contributed by atoms with Crippen molar-refractivity contribution in [1.82, 2.24) is 10.5 Å². The van der Waals surface area contributed by atoms with Crippen molar-refractivity contribution in [2.24, 2.45) is 0 Å². The van der Waals surface area contributed by atoms with E-state index >= 15 is 0 Å². The van der Waals surface area contributed by atoms with Gasteiger partial charge in [-0.05, 0) is 33.6 Å². The molecule has 1 N–H and O–H groups in total. The molecule has 18 heavy (non-hydrogen) atoms. The maximum absolute atomic E-state index is 5.26. The van der Waals surface area contributed by atoms with Crippen LogP contribution in [0.3, 0.4) is 0 Å². The predicted octanol–water partition coefficient (Wildman–Crippen LogP) is 4.05. The molecular formula is C15H26N2O. The number of nitrogens with zero attached hydrogens (tertiary/aromatic N) is 1. The fourth-order valence-electron chi connectivity index (χ4n) is 3.17. The van der Waals surface area contributed by atoms with Crippen LogP contribution in [-0.2, 0) is 0 Å². The second-order valence-electron chi connectivity index (χ2n) is 5.67. The van der Waals surface area contributed by atoms with Gasteiger partial charge in [-0.25, -0.2) is 0 Å². The van der Waals surface area contributed by atoms with Crippen LogP contribution < -0.4 is 5.32 Å². The summed E-state index contributed by atoms with van der Waals surface area (Å²) in [5, 5.41) is 7.82. The second-order valence-corrected chi connectivity index (χ2v) is 5.67. The molecular weight excluding hydrogens is 224 g/mol. The molecule has 1 aliphatic carbocycles. The zero-order chi connectivity index (χ0) is 13.0. The van der Waals surface area contributed by atoms with Crippen molar-refractivity contribution in [2.45, 2.75) is 77.8 Å². The quantitative estimate of drug-likeness (QED) is 0.879. The molecule has 0 spiro atoms. The topological polar surface area (TPSA) is 38.1 Å². The van der Waals surface area contributed by atoms with Crippen LogP contribution in [0.2, 0.25) is 0 Å². The Kier molecular flexibility index (Phi) is 4.81. The molecule has 1 aromatic heterocycles. The Morgan fingerprint density at radius 2 is 1.72 bits per heavy atom. The molecule has 1 atom stereocenters. The first-order valence-corrected chi connectivity index (χ1v) is 7.37. The van der Waals surface area contributed by atoms with E-state index in [1.165, 1.54) is 50.5 Å². The van der Waals surface area contributed by atoms with E-state index in [1.807, 2.05) is 13.8 Å². The molecule has 1 fully saturated rings. The molecule has 0 saturated heterocycles. The zero-order valence-corrected chi connectivity index (χ0v) is 12.0. The molecule has 0 aromatic carbocycles. The van der Waals surface area contributed by atoms with Gasteiger partial charge >= 0.3 is 0 Å². The highest BCUT2D eigenvalue weighted by molar-refractivity contribution is 5.24. The van der Waals surface area contributed by atoms with Gasteiger partial charge in [0.15, 0.2) is 0 Å². The van der Waals surface area contributed by atoms with Crippen molar-refractivity contribution >= 4 is 0 Å². The molecule has 0 bridgehead atoms. The van der Waals surface area contributed by atoms with Crippen molar-refractivity contribution in [3.63, 3.8) is 0 Å². The SMILES string of the molecule is Cc1noc(C)c1C(C)NC1CCCCCCC1. The summed E-state index contributed by atoms with van der Waals surface area (Å²) in [6.07, 6.45) is 9.58. The minimum absolute atomic E-state index is 0.348. The van der Waals surface area contributed by atoms with Gasteiger partial charge in [-0.15, -0.1) is 0 Å². The summed E-state index contributed by atoms with van der Waals surface area (Å²) < 4.78 is 5.26. The lowest BCUT2D eigenvalue weighted by molar-refractivity contribution is 0.358. The summed E-state index contributed by atoms with van der Waals surface area (Å²) in [5.74, 6) is 0.957. The first-order valence-electron chi connectivity index (χ1n) is 7.37. The smallest absolute Gasteiger partial charge is 0.138 e. The average Bonchev–Trinajstić information content (AvgIpc) is 2.62. The van der Waals surface area contributed by atoms with Gasteiger partial charge in [0.2, 0.25) is 0 Å². The fourth-order valence-corrected chi connectivity index (χ4v) is 3.17. The lowest BCUT2D eigenvalue weighted by Crippen LogP contribution is -2.32. The zero-order valence-electron chi connectivity index (χ0n) is 12.0. The van der Waals surface area contributed by atoms with E-state index in [1.54, 1.807) is 0 Å². The third kappa shape index (κ3) is 3.35. The Morgan fingerprint density at radius 3 is 2.28 bits per heavy atom. The summed E-state index contributed by atoms with van der Waals surface area (Å²) in [7, 11) is 0. The lowest BCUT2D eigenvalue weighted by Gasteiger charge is -2.25. The van der Waals surface area contributed by atoms with E-state index in [4.69, 9.17) is 4.52 Å². The van der Waals surface area contributed by atoms with Crippen LogP contribution in [0.15, 0.2) is 4.52 Å². The maximum Gasteiger partial charge on any atom is 0.138 e. The van der Waals surface area contributed by atoms with Gasteiger partial charge in [0.25, 0.3) is 0 Å². The number of nitrogens with one attached hydrogen (secondary N) is 1. The van der Waals surface area contributed by atoms with Crippen molar-refractivity contribution in [2.75, 3.05) is 0 Å². The van der Waals surface area contributed by atoms with Crippen LogP contribution >= 0.6 is 0 Å². The molecule has 3 nitrogen and oxygen atoms in total. The van der Waals surface area contributed by atoms with Crippen molar-refractivity contribution < 1.29 is 4.52 Å². The molecule has 1 saturated carbocycles. The molecule has 102 valence electrons. The van der Waals surface area contributed by atoms with Crippen molar-refractivity contribution in [3.05, 3.63) is 17.0 Å². The minimum Gasteiger partial charge on any atom is -0.361 e. The minimum atomic E-state index is 0.348. The number of rotatable bonds is 3. The van der Waals surface area contributed by atoms with Crippen LogP contribution in [0.4, 0.5) is 0 Å². The number of aromatic nitrogens is 1.